The third kappa shape index (κ3) is 5.10. The van der Waals surface area contributed by atoms with Gasteiger partial charge in [-0.3, -0.25) is 14.4 Å². The van der Waals surface area contributed by atoms with Crippen LogP contribution in [0.1, 0.15) is 30.7 Å². The summed E-state index contributed by atoms with van der Waals surface area (Å²) in [5.41, 5.74) is 0.799. The van der Waals surface area contributed by atoms with Crippen LogP contribution in [-0.4, -0.2) is 55.7 Å². The summed E-state index contributed by atoms with van der Waals surface area (Å²) in [6.45, 7) is 1.45. The highest BCUT2D eigenvalue weighted by Crippen LogP contribution is 2.42. The van der Waals surface area contributed by atoms with Gasteiger partial charge < -0.3 is 19.7 Å². The molecule has 10 heteroatoms. The van der Waals surface area contributed by atoms with E-state index in [1.807, 2.05) is 4.90 Å². The van der Waals surface area contributed by atoms with Crippen LogP contribution in [0, 0.1) is 17.2 Å². The van der Waals surface area contributed by atoms with Crippen molar-refractivity contribution >= 4 is 45.5 Å². The molecule has 2 aliphatic heterocycles. The van der Waals surface area contributed by atoms with Crippen LogP contribution in [0.15, 0.2) is 33.3 Å². The molecule has 0 aromatic heterocycles. The van der Waals surface area contributed by atoms with Gasteiger partial charge in [-0.2, -0.15) is 5.26 Å². The van der Waals surface area contributed by atoms with Crippen LogP contribution in [0.4, 0.5) is 0 Å². The van der Waals surface area contributed by atoms with Gasteiger partial charge in [0.2, 0.25) is 11.8 Å². The van der Waals surface area contributed by atoms with Gasteiger partial charge in [0.1, 0.15) is 11.7 Å². The van der Waals surface area contributed by atoms with Crippen LogP contribution in [0.2, 0.25) is 0 Å². The van der Waals surface area contributed by atoms with Crippen molar-refractivity contribution in [1.29, 1.82) is 5.26 Å². The van der Waals surface area contributed by atoms with Gasteiger partial charge in [0.15, 0.2) is 0 Å². The minimum Gasteiger partial charge on any atom is -0.496 e. The van der Waals surface area contributed by atoms with Crippen LogP contribution in [0.5, 0.6) is 5.75 Å². The van der Waals surface area contributed by atoms with E-state index in [0.29, 0.717) is 20.8 Å². The number of ether oxygens (including phenoxy) is 2. The third-order valence-electron chi connectivity index (χ3n) is 5.57. The number of carbonyl (C=O) groups is 3. The van der Waals surface area contributed by atoms with Crippen molar-refractivity contribution in [3.8, 4) is 11.8 Å². The van der Waals surface area contributed by atoms with E-state index >= 15 is 0 Å². The monoisotopic (exact) mass is 521 g/mol. The molecule has 170 valence electrons. The SMILES string of the molecule is COC(=O)[C@@H]1C(=O)NC(SCC(=O)N2CCCCC2)=C(C#N)[C@H]1c1ccc(OC)c(Br)c1. The quantitative estimate of drug-likeness (QED) is 0.452. The first-order valence-electron chi connectivity index (χ1n) is 10.2. The predicted molar refractivity (Wildman–Crippen MR) is 123 cm³/mol. The summed E-state index contributed by atoms with van der Waals surface area (Å²) < 4.78 is 10.7. The van der Waals surface area contributed by atoms with Gasteiger partial charge in [-0.1, -0.05) is 17.8 Å². The Morgan fingerprint density at radius 1 is 1.28 bits per heavy atom. The number of likely N-dealkylation sites (tertiary alicyclic amines) is 1. The molecule has 32 heavy (non-hydrogen) atoms. The minimum atomic E-state index is -1.22. The number of nitrogens with one attached hydrogen (secondary N) is 1. The van der Waals surface area contributed by atoms with E-state index < -0.39 is 23.7 Å². The summed E-state index contributed by atoms with van der Waals surface area (Å²) in [7, 11) is 2.73. The maximum absolute atomic E-state index is 12.9. The molecule has 3 rings (SSSR count). The molecule has 1 saturated heterocycles. The lowest BCUT2D eigenvalue weighted by Gasteiger charge is -2.31. The average Bonchev–Trinajstić information content (AvgIpc) is 2.81. The zero-order chi connectivity index (χ0) is 23.3. The highest BCUT2D eigenvalue weighted by atomic mass is 79.9. The number of nitrogens with zero attached hydrogens (tertiary/aromatic N) is 2. The van der Waals surface area contributed by atoms with Gasteiger partial charge in [-0.25, -0.2) is 0 Å². The van der Waals surface area contributed by atoms with E-state index in [4.69, 9.17) is 9.47 Å². The van der Waals surface area contributed by atoms with Crippen molar-refractivity contribution in [3.63, 3.8) is 0 Å². The van der Waals surface area contributed by atoms with Gasteiger partial charge in [0.25, 0.3) is 0 Å². The van der Waals surface area contributed by atoms with E-state index in [9.17, 15) is 19.6 Å². The molecule has 0 aliphatic carbocycles. The van der Waals surface area contributed by atoms with Crippen molar-refractivity contribution in [2.75, 3.05) is 33.1 Å². The van der Waals surface area contributed by atoms with Crippen molar-refractivity contribution in [2.24, 2.45) is 5.92 Å². The number of amides is 2. The van der Waals surface area contributed by atoms with Gasteiger partial charge >= 0.3 is 5.97 Å². The zero-order valence-electron chi connectivity index (χ0n) is 17.9. The molecule has 8 nitrogen and oxygen atoms in total. The largest absolute Gasteiger partial charge is 0.496 e. The number of benzene rings is 1. The molecular formula is C22H24BrN3O5S. The molecule has 2 amide bonds. The number of nitriles is 1. The van der Waals surface area contributed by atoms with E-state index in [-0.39, 0.29) is 17.2 Å². The second-order valence-corrected chi connectivity index (χ2v) is 9.29. The molecule has 0 unspecified atom stereocenters. The molecule has 1 aromatic rings. The van der Waals surface area contributed by atoms with E-state index in [0.717, 1.165) is 44.1 Å². The summed E-state index contributed by atoms with van der Waals surface area (Å²) in [4.78, 5) is 39.8. The maximum Gasteiger partial charge on any atom is 0.319 e. The Kier molecular flexibility index (Phi) is 8.21. The second kappa shape index (κ2) is 10.9. The van der Waals surface area contributed by atoms with Crippen molar-refractivity contribution in [2.45, 2.75) is 25.2 Å². The zero-order valence-corrected chi connectivity index (χ0v) is 20.3. The summed E-state index contributed by atoms with van der Waals surface area (Å²) in [6.07, 6.45) is 3.08. The first-order valence-corrected chi connectivity index (χ1v) is 12.0. The van der Waals surface area contributed by atoms with Crippen LogP contribution in [0.25, 0.3) is 0 Å². The Hall–Kier alpha value is -2.51. The lowest BCUT2D eigenvalue weighted by molar-refractivity contribution is -0.150. The molecule has 2 aliphatic rings. The number of rotatable bonds is 6. The number of allylic oxidation sites excluding steroid dienone is 1. The maximum atomic E-state index is 12.9. The molecule has 2 atom stereocenters. The van der Waals surface area contributed by atoms with E-state index in [2.05, 4.69) is 27.3 Å². The number of hydrogen-bond acceptors (Lipinski definition) is 7. The number of carbonyl (C=O) groups excluding carboxylic acids is 3. The Morgan fingerprint density at radius 3 is 2.59 bits per heavy atom. The summed E-state index contributed by atoms with van der Waals surface area (Å²) in [5.74, 6) is -2.74. The van der Waals surface area contributed by atoms with Gasteiger partial charge in [0.05, 0.1) is 41.1 Å². The van der Waals surface area contributed by atoms with Gasteiger partial charge in [-0.05, 0) is 52.9 Å². The molecule has 0 saturated carbocycles. The number of thioether (sulfide) groups is 1. The molecule has 0 spiro atoms. The molecule has 1 N–H and O–H groups in total. The van der Waals surface area contributed by atoms with E-state index in [1.165, 1.54) is 14.2 Å². The predicted octanol–water partition coefficient (Wildman–Crippen LogP) is 2.94. The number of esters is 1. The Labute approximate surface area is 199 Å². The summed E-state index contributed by atoms with van der Waals surface area (Å²) in [5, 5.41) is 12.9. The number of hydrogen-bond donors (Lipinski definition) is 1. The number of methoxy groups -OCH3 is 2. The second-order valence-electron chi connectivity index (χ2n) is 7.45. The smallest absolute Gasteiger partial charge is 0.319 e. The Balaban J connectivity index is 1.95. The fourth-order valence-electron chi connectivity index (χ4n) is 3.92. The minimum absolute atomic E-state index is 0.0347. The number of halogens is 1. The summed E-state index contributed by atoms with van der Waals surface area (Å²) >= 11 is 4.53. The van der Waals surface area contributed by atoms with Gasteiger partial charge in [0, 0.05) is 19.0 Å². The van der Waals surface area contributed by atoms with Gasteiger partial charge in [-0.15, -0.1) is 0 Å². The van der Waals surface area contributed by atoms with E-state index in [1.54, 1.807) is 18.2 Å². The molecule has 1 fully saturated rings. The van der Waals surface area contributed by atoms with Crippen LogP contribution >= 0.6 is 27.7 Å². The van der Waals surface area contributed by atoms with Crippen molar-refractivity contribution in [1.82, 2.24) is 10.2 Å². The number of piperidine rings is 1. The fraction of sp³-hybridized carbons (Fsp3) is 0.455. The first-order chi connectivity index (χ1) is 15.4. The first kappa shape index (κ1) is 24.1. The summed E-state index contributed by atoms with van der Waals surface area (Å²) in [6, 6.07) is 7.27. The van der Waals surface area contributed by atoms with Crippen LogP contribution in [0.3, 0.4) is 0 Å². The molecule has 2 heterocycles. The third-order valence-corrected chi connectivity index (χ3v) is 7.19. The normalized spacial score (nSPS) is 20.9. The van der Waals surface area contributed by atoms with Crippen molar-refractivity contribution < 1.29 is 23.9 Å². The lowest BCUT2D eigenvalue weighted by atomic mass is 9.78. The van der Waals surface area contributed by atoms with Crippen LogP contribution < -0.4 is 10.1 Å². The lowest BCUT2D eigenvalue weighted by Crippen LogP contribution is -2.44. The standard InChI is InChI=1S/C22H24BrN3O5S/c1-30-16-7-6-13(10-15(16)23)18-14(11-24)21(25-20(28)19(18)22(29)31-2)32-12-17(27)26-8-4-3-5-9-26/h6-7,10,18-19H,3-5,8-9,12H2,1-2H3,(H,25,28)/t18-,19+/m1/s1. The molecule has 1 aromatic carbocycles. The van der Waals surface area contributed by atoms with Crippen LogP contribution in [-0.2, 0) is 19.1 Å². The Morgan fingerprint density at radius 2 is 2.00 bits per heavy atom. The fourth-order valence-corrected chi connectivity index (χ4v) is 5.43. The topological polar surface area (TPSA) is 109 Å². The highest BCUT2D eigenvalue weighted by molar-refractivity contribution is 9.10. The highest BCUT2D eigenvalue weighted by Gasteiger charge is 2.44. The Bertz CT molecular complexity index is 984. The van der Waals surface area contributed by atoms with Crippen molar-refractivity contribution in [3.05, 3.63) is 38.8 Å². The average molecular weight is 522 g/mol. The molecule has 0 bridgehead atoms. The molecular weight excluding hydrogens is 498 g/mol. The molecule has 0 radical (unpaired) electrons.